The first-order valence-electron chi connectivity index (χ1n) is 7.82. The fourth-order valence-corrected chi connectivity index (χ4v) is 2.93. The van der Waals surface area contributed by atoms with E-state index in [-0.39, 0.29) is 11.8 Å². The Labute approximate surface area is 155 Å². The minimum absolute atomic E-state index is 0.0311. The number of benzene rings is 2. The highest BCUT2D eigenvalue weighted by Crippen LogP contribution is 2.26. The predicted octanol–water partition coefficient (Wildman–Crippen LogP) is 3.69. The molecule has 2 amide bonds. The molecule has 0 atom stereocenters. The molecule has 0 bridgehead atoms. The zero-order chi connectivity index (χ0) is 17.8. The molecule has 0 saturated heterocycles. The van der Waals surface area contributed by atoms with Crippen LogP contribution in [0, 0.1) is 0 Å². The molecule has 0 unspecified atom stereocenters. The van der Waals surface area contributed by atoms with E-state index < -0.39 is 0 Å². The summed E-state index contributed by atoms with van der Waals surface area (Å²) >= 11 is 11.9. The molecule has 1 aliphatic rings. The van der Waals surface area contributed by atoms with Gasteiger partial charge in [0.2, 0.25) is 5.91 Å². The molecule has 5 nitrogen and oxygen atoms in total. The molecule has 2 N–H and O–H groups in total. The van der Waals surface area contributed by atoms with E-state index in [2.05, 4.69) is 10.6 Å². The van der Waals surface area contributed by atoms with Crippen molar-refractivity contribution in [3.05, 3.63) is 57.6 Å². The van der Waals surface area contributed by atoms with Gasteiger partial charge in [-0.2, -0.15) is 0 Å². The summed E-state index contributed by atoms with van der Waals surface area (Å²) in [5.41, 5.74) is 2.21. The summed E-state index contributed by atoms with van der Waals surface area (Å²) in [6.45, 7) is 0.643. The van der Waals surface area contributed by atoms with E-state index >= 15 is 0 Å². The molecule has 2 aromatic rings. The van der Waals surface area contributed by atoms with Gasteiger partial charge in [0.1, 0.15) is 12.4 Å². The summed E-state index contributed by atoms with van der Waals surface area (Å²) in [7, 11) is 0. The number of amides is 2. The summed E-state index contributed by atoms with van der Waals surface area (Å²) < 4.78 is 5.65. The summed E-state index contributed by atoms with van der Waals surface area (Å²) in [6, 6.07) is 10.3. The molecule has 0 spiro atoms. The molecule has 1 heterocycles. The van der Waals surface area contributed by atoms with Crippen molar-refractivity contribution in [2.24, 2.45) is 0 Å². The van der Waals surface area contributed by atoms with Gasteiger partial charge in [0, 0.05) is 17.1 Å². The number of fused-ring (bicyclic) bond motifs is 1. The van der Waals surface area contributed by atoms with Crippen molar-refractivity contribution in [2.45, 2.75) is 12.8 Å². The average Bonchev–Trinajstić information content (AvgIpc) is 2.60. The molecular weight excluding hydrogens is 363 g/mol. The molecule has 130 valence electrons. The molecule has 0 fully saturated rings. The highest BCUT2D eigenvalue weighted by molar-refractivity contribution is 6.35. The third-order valence-electron chi connectivity index (χ3n) is 3.80. The molecule has 25 heavy (non-hydrogen) atoms. The zero-order valence-corrected chi connectivity index (χ0v) is 14.8. The molecular formula is C18H16Cl2N2O3. The lowest BCUT2D eigenvalue weighted by Crippen LogP contribution is -2.28. The molecule has 0 saturated carbocycles. The second-order valence-corrected chi connectivity index (χ2v) is 6.44. The lowest BCUT2D eigenvalue weighted by Gasteiger charge is -2.17. The van der Waals surface area contributed by atoms with Crippen molar-refractivity contribution in [1.29, 1.82) is 0 Å². The van der Waals surface area contributed by atoms with Gasteiger partial charge in [-0.25, -0.2) is 0 Å². The average molecular weight is 379 g/mol. The van der Waals surface area contributed by atoms with Crippen molar-refractivity contribution < 1.29 is 14.3 Å². The van der Waals surface area contributed by atoms with E-state index in [1.54, 1.807) is 18.2 Å². The largest absolute Gasteiger partial charge is 0.492 e. The highest BCUT2D eigenvalue weighted by Gasteiger charge is 2.15. The van der Waals surface area contributed by atoms with Gasteiger partial charge in [0.05, 0.1) is 17.1 Å². The number of halogens is 2. The quantitative estimate of drug-likeness (QED) is 0.779. The monoisotopic (exact) mass is 378 g/mol. The Morgan fingerprint density at radius 3 is 2.84 bits per heavy atom. The number of anilines is 1. The summed E-state index contributed by atoms with van der Waals surface area (Å²) in [5, 5.41) is 6.36. The fourth-order valence-electron chi connectivity index (χ4n) is 2.55. The van der Waals surface area contributed by atoms with Crippen LogP contribution in [0.4, 0.5) is 5.69 Å². The third kappa shape index (κ3) is 4.44. The number of hydrogen-bond donors (Lipinski definition) is 2. The second kappa shape index (κ2) is 7.76. The molecule has 7 heteroatoms. The standard InChI is InChI=1S/C18H16Cl2N2O3/c19-12-2-4-15(20)14(10-12)18(24)21-7-8-25-13-3-5-16-11(9-13)1-6-17(23)22-16/h2-5,9-10H,1,6-8H2,(H,21,24)(H,22,23). The van der Waals surface area contributed by atoms with Crippen LogP contribution in [0.3, 0.4) is 0 Å². The van der Waals surface area contributed by atoms with Crippen LogP contribution in [0.15, 0.2) is 36.4 Å². The topological polar surface area (TPSA) is 67.4 Å². The second-order valence-electron chi connectivity index (χ2n) is 5.60. The maximum Gasteiger partial charge on any atom is 0.252 e. The van der Waals surface area contributed by atoms with E-state index in [9.17, 15) is 9.59 Å². The van der Waals surface area contributed by atoms with E-state index in [1.807, 2.05) is 12.1 Å². The maximum absolute atomic E-state index is 12.1. The van der Waals surface area contributed by atoms with Gasteiger partial charge < -0.3 is 15.4 Å². The number of carbonyl (C=O) groups excluding carboxylic acids is 2. The van der Waals surface area contributed by atoms with Crippen LogP contribution in [0.25, 0.3) is 0 Å². The van der Waals surface area contributed by atoms with Crippen LogP contribution < -0.4 is 15.4 Å². The smallest absolute Gasteiger partial charge is 0.252 e. The number of rotatable bonds is 5. The van der Waals surface area contributed by atoms with Crippen molar-refractivity contribution in [1.82, 2.24) is 5.32 Å². The molecule has 2 aromatic carbocycles. The highest BCUT2D eigenvalue weighted by atomic mass is 35.5. The van der Waals surface area contributed by atoms with Gasteiger partial charge in [-0.1, -0.05) is 23.2 Å². The SMILES string of the molecule is O=C1CCc2cc(OCCNC(=O)c3cc(Cl)ccc3Cl)ccc2N1. The molecule has 1 aliphatic heterocycles. The van der Waals surface area contributed by atoms with Crippen molar-refractivity contribution in [3.63, 3.8) is 0 Å². The van der Waals surface area contributed by atoms with Crippen LogP contribution in [-0.2, 0) is 11.2 Å². The van der Waals surface area contributed by atoms with Gasteiger partial charge in [0.25, 0.3) is 5.91 Å². The van der Waals surface area contributed by atoms with Crippen molar-refractivity contribution >= 4 is 40.7 Å². The molecule has 0 aliphatic carbocycles. The molecule has 3 rings (SSSR count). The fraction of sp³-hybridized carbons (Fsp3) is 0.222. The van der Waals surface area contributed by atoms with E-state index in [4.69, 9.17) is 27.9 Å². The summed E-state index contributed by atoms with van der Waals surface area (Å²) in [6.07, 6.45) is 1.18. The summed E-state index contributed by atoms with van der Waals surface area (Å²) in [4.78, 5) is 23.4. The van der Waals surface area contributed by atoms with Gasteiger partial charge in [-0.15, -0.1) is 0 Å². The predicted molar refractivity (Wildman–Crippen MR) is 97.7 cm³/mol. The first-order valence-corrected chi connectivity index (χ1v) is 8.57. The Morgan fingerprint density at radius 2 is 2.00 bits per heavy atom. The zero-order valence-electron chi connectivity index (χ0n) is 13.3. The normalized spacial score (nSPS) is 13.0. The Hall–Kier alpha value is -2.24. The van der Waals surface area contributed by atoms with Crippen LogP contribution in [0.1, 0.15) is 22.3 Å². The maximum atomic E-state index is 12.1. The van der Waals surface area contributed by atoms with E-state index in [0.717, 1.165) is 11.3 Å². The van der Waals surface area contributed by atoms with Crippen LogP contribution in [0.2, 0.25) is 10.0 Å². The number of carbonyl (C=O) groups is 2. The van der Waals surface area contributed by atoms with Crippen LogP contribution >= 0.6 is 23.2 Å². The lowest BCUT2D eigenvalue weighted by molar-refractivity contribution is -0.116. The number of hydrogen-bond acceptors (Lipinski definition) is 3. The van der Waals surface area contributed by atoms with Crippen molar-refractivity contribution in [2.75, 3.05) is 18.5 Å². The number of aryl methyl sites for hydroxylation is 1. The Bertz CT molecular complexity index is 824. The number of nitrogens with one attached hydrogen (secondary N) is 2. The van der Waals surface area contributed by atoms with Gasteiger partial charge in [-0.3, -0.25) is 9.59 Å². The Balaban J connectivity index is 1.51. The summed E-state index contributed by atoms with van der Waals surface area (Å²) in [5.74, 6) is 0.428. The van der Waals surface area contributed by atoms with Crippen LogP contribution in [-0.4, -0.2) is 25.0 Å². The minimum Gasteiger partial charge on any atom is -0.492 e. The van der Waals surface area contributed by atoms with Gasteiger partial charge in [-0.05, 0) is 48.4 Å². The van der Waals surface area contributed by atoms with E-state index in [0.29, 0.717) is 47.4 Å². The van der Waals surface area contributed by atoms with Gasteiger partial charge >= 0.3 is 0 Å². The minimum atomic E-state index is -0.302. The molecule has 0 aromatic heterocycles. The lowest BCUT2D eigenvalue weighted by atomic mass is 10.0. The first kappa shape index (κ1) is 17.6. The van der Waals surface area contributed by atoms with Gasteiger partial charge in [0.15, 0.2) is 0 Å². The third-order valence-corrected chi connectivity index (χ3v) is 4.37. The first-order chi connectivity index (χ1) is 12.0. The van der Waals surface area contributed by atoms with E-state index in [1.165, 1.54) is 6.07 Å². The van der Waals surface area contributed by atoms with Crippen molar-refractivity contribution in [3.8, 4) is 5.75 Å². The Morgan fingerprint density at radius 1 is 1.16 bits per heavy atom. The van der Waals surface area contributed by atoms with Crippen LogP contribution in [0.5, 0.6) is 5.75 Å². The molecule has 0 radical (unpaired) electrons. The Kier molecular flexibility index (Phi) is 5.46. The number of ether oxygens (including phenoxy) is 1.